The fraction of sp³-hybridized carbons (Fsp3) is 0.250. The Morgan fingerprint density at radius 1 is 1.20 bits per heavy atom. The number of halogens is 2. The summed E-state index contributed by atoms with van der Waals surface area (Å²) in [4.78, 5) is 0. The SMILES string of the molecule is Cc1ccc(Cl)cc1OC(c1ccccc1F)C(C)N. The average molecular weight is 294 g/mol. The summed E-state index contributed by atoms with van der Waals surface area (Å²) in [5, 5.41) is 0.572. The Morgan fingerprint density at radius 2 is 1.90 bits per heavy atom. The monoisotopic (exact) mass is 293 g/mol. The van der Waals surface area contributed by atoms with Crippen molar-refractivity contribution in [3.8, 4) is 5.75 Å². The van der Waals surface area contributed by atoms with Gasteiger partial charge in [0.25, 0.3) is 0 Å². The number of benzene rings is 2. The minimum atomic E-state index is -0.562. The van der Waals surface area contributed by atoms with E-state index in [-0.39, 0.29) is 11.9 Å². The molecule has 106 valence electrons. The summed E-state index contributed by atoms with van der Waals surface area (Å²) >= 11 is 5.97. The van der Waals surface area contributed by atoms with Crippen LogP contribution in [0.4, 0.5) is 4.39 Å². The summed E-state index contributed by atoms with van der Waals surface area (Å²) in [6.07, 6.45) is -0.562. The molecule has 2 N–H and O–H groups in total. The molecule has 0 aliphatic heterocycles. The molecule has 2 rings (SSSR count). The van der Waals surface area contributed by atoms with Crippen LogP contribution >= 0.6 is 11.6 Å². The molecular weight excluding hydrogens is 277 g/mol. The van der Waals surface area contributed by atoms with Gasteiger partial charge in [0, 0.05) is 16.6 Å². The van der Waals surface area contributed by atoms with Crippen LogP contribution in [0.15, 0.2) is 42.5 Å². The second-order valence-corrected chi connectivity index (χ2v) is 5.27. The van der Waals surface area contributed by atoms with Crippen molar-refractivity contribution in [2.45, 2.75) is 26.0 Å². The zero-order valence-electron chi connectivity index (χ0n) is 11.4. The third kappa shape index (κ3) is 3.30. The van der Waals surface area contributed by atoms with Crippen molar-refractivity contribution in [1.29, 1.82) is 0 Å². The van der Waals surface area contributed by atoms with Gasteiger partial charge < -0.3 is 10.5 Å². The first-order valence-electron chi connectivity index (χ1n) is 6.42. The first kappa shape index (κ1) is 14.8. The minimum Gasteiger partial charge on any atom is -0.484 e. The summed E-state index contributed by atoms with van der Waals surface area (Å²) in [6.45, 7) is 3.70. The lowest BCUT2D eigenvalue weighted by molar-refractivity contribution is 0.174. The van der Waals surface area contributed by atoms with E-state index in [2.05, 4.69) is 0 Å². The first-order chi connectivity index (χ1) is 9.49. The van der Waals surface area contributed by atoms with Crippen molar-refractivity contribution in [2.24, 2.45) is 5.73 Å². The molecule has 0 aliphatic carbocycles. The van der Waals surface area contributed by atoms with E-state index >= 15 is 0 Å². The number of hydrogen-bond donors (Lipinski definition) is 1. The third-order valence-electron chi connectivity index (χ3n) is 3.09. The third-order valence-corrected chi connectivity index (χ3v) is 3.33. The maximum Gasteiger partial charge on any atom is 0.141 e. The molecule has 0 saturated heterocycles. The fourth-order valence-electron chi connectivity index (χ4n) is 2.00. The molecule has 0 spiro atoms. The lowest BCUT2D eigenvalue weighted by Gasteiger charge is -2.24. The van der Waals surface area contributed by atoms with Crippen molar-refractivity contribution >= 4 is 11.6 Å². The zero-order valence-corrected chi connectivity index (χ0v) is 12.2. The molecule has 2 nitrogen and oxygen atoms in total. The van der Waals surface area contributed by atoms with Crippen molar-refractivity contribution in [3.63, 3.8) is 0 Å². The second-order valence-electron chi connectivity index (χ2n) is 4.83. The summed E-state index contributed by atoms with van der Waals surface area (Å²) in [5.74, 6) is 0.289. The van der Waals surface area contributed by atoms with Gasteiger partial charge in [0.05, 0.1) is 0 Å². The Kier molecular flexibility index (Phi) is 4.63. The second kappa shape index (κ2) is 6.25. The number of hydrogen-bond acceptors (Lipinski definition) is 2. The van der Waals surface area contributed by atoms with Gasteiger partial charge in [0.2, 0.25) is 0 Å². The highest BCUT2D eigenvalue weighted by Gasteiger charge is 2.22. The Labute approximate surface area is 123 Å². The molecule has 4 heteroatoms. The van der Waals surface area contributed by atoms with Crippen LogP contribution in [-0.2, 0) is 0 Å². The molecule has 0 aromatic heterocycles. The van der Waals surface area contributed by atoms with Crippen molar-refractivity contribution < 1.29 is 9.13 Å². The van der Waals surface area contributed by atoms with E-state index in [1.165, 1.54) is 6.07 Å². The van der Waals surface area contributed by atoms with E-state index in [0.29, 0.717) is 16.3 Å². The average Bonchev–Trinajstić information content (AvgIpc) is 2.40. The predicted molar refractivity (Wildman–Crippen MR) is 79.6 cm³/mol. The van der Waals surface area contributed by atoms with Crippen molar-refractivity contribution in [3.05, 3.63) is 64.4 Å². The molecular formula is C16H17ClFNO. The summed E-state index contributed by atoms with van der Waals surface area (Å²) in [5.41, 5.74) is 7.32. The molecule has 0 radical (unpaired) electrons. The van der Waals surface area contributed by atoms with Gasteiger partial charge in [-0.2, -0.15) is 0 Å². The molecule has 0 bridgehead atoms. The van der Waals surface area contributed by atoms with Gasteiger partial charge in [0.15, 0.2) is 0 Å². The van der Waals surface area contributed by atoms with Crippen LogP contribution in [0.1, 0.15) is 24.2 Å². The van der Waals surface area contributed by atoms with E-state index in [0.717, 1.165) is 5.56 Å². The Morgan fingerprint density at radius 3 is 2.55 bits per heavy atom. The van der Waals surface area contributed by atoms with Gasteiger partial charge in [-0.05, 0) is 37.6 Å². The van der Waals surface area contributed by atoms with Gasteiger partial charge in [-0.1, -0.05) is 35.9 Å². The maximum atomic E-state index is 13.9. The predicted octanol–water partition coefficient (Wildman–Crippen LogP) is 4.25. The summed E-state index contributed by atoms with van der Waals surface area (Å²) < 4.78 is 19.8. The zero-order chi connectivity index (χ0) is 14.7. The van der Waals surface area contributed by atoms with Crippen molar-refractivity contribution in [1.82, 2.24) is 0 Å². The van der Waals surface area contributed by atoms with Crippen LogP contribution < -0.4 is 10.5 Å². The molecule has 2 aromatic carbocycles. The van der Waals surface area contributed by atoms with E-state index in [4.69, 9.17) is 22.1 Å². The van der Waals surface area contributed by atoms with Crippen molar-refractivity contribution in [2.75, 3.05) is 0 Å². The van der Waals surface area contributed by atoms with E-state index in [1.807, 2.05) is 13.0 Å². The molecule has 2 aromatic rings. The van der Waals surface area contributed by atoms with E-state index in [9.17, 15) is 4.39 Å². The molecule has 0 heterocycles. The number of ether oxygens (including phenoxy) is 1. The topological polar surface area (TPSA) is 35.2 Å². The van der Waals surface area contributed by atoms with Gasteiger partial charge >= 0.3 is 0 Å². The quantitative estimate of drug-likeness (QED) is 0.914. The summed E-state index contributed by atoms with van der Waals surface area (Å²) in [6, 6.07) is 11.5. The highest BCUT2D eigenvalue weighted by molar-refractivity contribution is 6.30. The molecule has 0 saturated carbocycles. The highest BCUT2D eigenvalue weighted by Crippen LogP contribution is 2.30. The fourth-order valence-corrected chi connectivity index (χ4v) is 2.16. The minimum absolute atomic E-state index is 0.325. The maximum absolute atomic E-state index is 13.9. The number of nitrogens with two attached hydrogens (primary N) is 1. The molecule has 2 unspecified atom stereocenters. The first-order valence-corrected chi connectivity index (χ1v) is 6.79. The van der Waals surface area contributed by atoms with Crippen LogP contribution in [0.5, 0.6) is 5.75 Å². The lowest BCUT2D eigenvalue weighted by atomic mass is 10.0. The van der Waals surface area contributed by atoms with Gasteiger partial charge in [-0.3, -0.25) is 0 Å². The largest absolute Gasteiger partial charge is 0.484 e. The smallest absolute Gasteiger partial charge is 0.141 e. The summed E-state index contributed by atoms with van der Waals surface area (Å²) in [7, 11) is 0. The molecule has 0 aliphatic rings. The Balaban J connectivity index is 2.36. The van der Waals surface area contributed by atoms with E-state index in [1.54, 1.807) is 37.3 Å². The molecule has 20 heavy (non-hydrogen) atoms. The van der Waals surface area contributed by atoms with Crippen LogP contribution in [0.25, 0.3) is 0 Å². The van der Waals surface area contributed by atoms with Gasteiger partial charge in [-0.25, -0.2) is 4.39 Å². The molecule has 0 fully saturated rings. The molecule has 0 amide bonds. The Hall–Kier alpha value is -1.58. The Bertz CT molecular complexity index is 601. The normalized spacial score (nSPS) is 13.8. The van der Waals surface area contributed by atoms with Crippen LogP contribution in [0.3, 0.4) is 0 Å². The van der Waals surface area contributed by atoms with Gasteiger partial charge in [-0.15, -0.1) is 0 Å². The van der Waals surface area contributed by atoms with Crippen LogP contribution in [0.2, 0.25) is 5.02 Å². The molecule has 2 atom stereocenters. The lowest BCUT2D eigenvalue weighted by Crippen LogP contribution is -2.30. The van der Waals surface area contributed by atoms with Crippen LogP contribution in [-0.4, -0.2) is 6.04 Å². The number of rotatable bonds is 4. The van der Waals surface area contributed by atoms with Crippen LogP contribution in [0, 0.1) is 12.7 Å². The standard InChI is InChI=1S/C16H17ClFNO/c1-10-7-8-12(17)9-15(10)20-16(11(2)19)13-5-3-4-6-14(13)18/h3-9,11,16H,19H2,1-2H3. The highest BCUT2D eigenvalue weighted by atomic mass is 35.5. The van der Waals surface area contributed by atoms with Gasteiger partial charge in [0.1, 0.15) is 17.7 Å². The number of aryl methyl sites for hydroxylation is 1. The van der Waals surface area contributed by atoms with E-state index < -0.39 is 6.10 Å².